The Hall–Kier alpha value is -3.21. The van der Waals surface area contributed by atoms with Gasteiger partial charge in [0.25, 0.3) is 12.4 Å². The first-order chi connectivity index (χ1) is 15.5. The van der Waals surface area contributed by atoms with E-state index >= 15 is 0 Å². The van der Waals surface area contributed by atoms with Crippen molar-refractivity contribution in [2.75, 3.05) is 26.7 Å². The first kappa shape index (κ1) is 23.5. The third kappa shape index (κ3) is 4.67. The van der Waals surface area contributed by atoms with Gasteiger partial charge in [0.2, 0.25) is 5.91 Å². The summed E-state index contributed by atoms with van der Waals surface area (Å²) in [7, 11) is 2.05. The highest BCUT2D eigenvalue weighted by atomic mass is 16.5. The molecule has 2 amide bonds. The van der Waals surface area contributed by atoms with Crippen LogP contribution in [-0.4, -0.2) is 81.3 Å². The summed E-state index contributed by atoms with van der Waals surface area (Å²) in [6, 6.07) is 1.57. The number of likely N-dealkylation sites (N-methyl/N-ethyl adjacent to an activating group) is 1. The minimum atomic E-state index is -0.583. The van der Waals surface area contributed by atoms with Crippen LogP contribution in [0, 0.1) is 5.41 Å². The van der Waals surface area contributed by atoms with Gasteiger partial charge in [-0.2, -0.15) is 5.10 Å². The van der Waals surface area contributed by atoms with E-state index in [9.17, 15) is 9.59 Å². The molecule has 2 aliphatic heterocycles. The van der Waals surface area contributed by atoms with Gasteiger partial charge in [0, 0.05) is 24.8 Å². The molecule has 174 valence electrons. The Labute approximate surface area is 186 Å². The zero-order valence-electron chi connectivity index (χ0n) is 18.4. The number of hydrogen-bond donors (Lipinski definition) is 3. The van der Waals surface area contributed by atoms with Crippen LogP contribution in [0.1, 0.15) is 47.9 Å². The van der Waals surface area contributed by atoms with Crippen molar-refractivity contribution in [2.45, 2.75) is 45.2 Å². The van der Waals surface area contributed by atoms with Crippen molar-refractivity contribution < 1.29 is 24.0 Å². The smallest absolute Gasteiger partial charge is 0.290 e. The topological polar surface area (TPSA) is 145 Å². The van der Waals surface area contributed by atoms with Crippen molar-refractivity contribution >= 4 is 18.3 Å². The van der Waals surface area contributed by atoms with Crippen LogP contribution in [0.3, 0.4) is 0 Å². The summed E-state index contributed by atoms with van der Waals surface area (Å²) in [5.74, 6) is -0.0386. The number of rotatable bonds is 5. The zero-order valence-corrected chi connectivity index (χ0v) is 18.4. The molecule has 11 heteroatoms. The molecule has 0 bridgehead atoms. The zero-order chi connectivity index (χ0) is 23.1. The molecule has 0 aliphatic carbocycles. The summed E-state index contributed by atoms with van der Waals surface area (Å²) in [5.41, 5.74) is 1.56. The SMILES string of the molecule is CCc1[nH]ncc1C(=O)N1CCC[C@@]2(C(=O)NCc3ccon3)CCN(C)C[C@H]12.O=CO. The molecule has 4 rings (SSSR count). The predicted molar refractivity (Wildman–Crippen MR) is 114 cm³/mol. The molecule has 0 radical (unpaired) electrons. The van der Waals surface area contributed by atoms with Crippen LogP contribution in [0.15, 0.2) is 23.0 Å². The number of carbonyl (C=O) groups excluding carboxylic acids is 2. The molecule has 0 aromatic carbocycles. The monoisotopic (exact) mass is 446 g/mol. The second kappa shape index (κ2) is 10.4. The number of nitrogens with one attached hydrogen (secondary N) is 2. The fourth-order valence-electron chi connectivity index (χ4n) is 4.75. The Morgan fingerprint density at radius 3 is 2.88 bits per heavy atom. The average Bonchev–Trinajstić information content (AvgIpc) is 3.49. The van der Waals surface area contributed by atoms with Crippen molar-refractivity contribution in [1.82, 2.24) is 30.5 Å². The molecule has 11 nitrogen and oxygen atoms in total. The molecule has 0 saturated carbocycles. The highest BCUT2D eigenvalue weighted by Gasteiger charge is 2.53. The maximum Gasteiger partial charge on any atom is 0.290 e. The number of piperidine rings is 2. The molecule has 2 aromatic heterocycles. The first-order valence-electron chi connectivity index (χ1n) is 10.7. The van der Waals surface area contributed by atoms with E-state index in [1.807, 2.05) is 18.9 Å². The van der Waals surface area contributed by atoms with E-state index in [2.05, 4.69) is 25.6 Å². The fourth-order valence-corrected chi connectivity index (χ4v) is 4.75. The van der Waals surface area contributed by atoms with Crippen LogP contribution in [0.25, 0.3) is 0 Å². The quantitative estimate of drug-likeness (QED) is 0.575. The normalized spacial score (nSPS) is 22.9. The molecule has 2 aliphatic rings. The van der Waals surface area contributed by atoms with Gasteiger partial charge in [-0.15, -0.1) is 0 Å². The lowest BCUT2D eigenvalue weighted by Crippen LogP contribution is -2.66. The number of carboxylic acid groups (broad SMARTS) is 1. The largest absolute Gasteiger partial charge is 0.483 e. The van der Waals surface area contributed by atoms with Crippen LogP contribution >= 0.6 is 0 Å². The van der Waals surface area contributed by atoms with E-state index in [4.69, 9.17) is 14.4 Å². The van der Waals surface area contributed by atoms with Gasteiger partial charge in [-0.05, 0) is 39.3 Å². The van der Waals surface area contributed by atoms with Gasteiger partial charge in [0.05, 0.1) is 29.8 Å². The number of nitrogens with zero attached hydrogens (tertiary/aromatic N) is 4. The minimum Gasteiger partial charge on any atom is -0.483 e. The number of amides is 2. The second-order valence-corrected chi connectivity index (χ2v) is 8.18. The van der Waals surface area contributed by atoms with Gasteiger partial charge in [-0.3, -0.25) is 19.5 Å². The lowest BCUT2D eigenvalue weighted by molar-refractivity contribution is -0.142. The van der Waals surface area contributed by atoms with Crippen molar-refractivity contribution in [3.05, 3.63) is 35.5 Å². The van der Waals surface area contributed by atoms with Crippen LogP contribution in [0.5, 0.6) is 0 Å². The molecule has 32 heavy (non-hydrogen) atoms. The standard InChI is InChI=1S/C20H28N6O3.CH2O2/c1-3-16-15(12-22-23-16)18(27)26-8-4-6-20(7-9-25(2)13-17(20)26)19(28)21-11-14-5-10-29-24-14;2-1-3/h5,10,12,17H,3-4,6-9,11,13H2,1-2H3,(H,21,28)(H,22,23);1H,(H,2,3)/t17-,20+;/m0./s1. The summed E-state index contributed by atoms with van der Waals surface area (Å²) in [6.07, 6.45) is 6.13. The number of H-pyrrole nitrogens is 1. The van der Waals surface area contributed by atoms with Crippen molar-refractivity contribution in [3.63, 3.8) is 0 Å². The van der Waals surface area contributed by atoms with Crippen LogP contribution in [-0.2, 0) is 22.6 Å². The fraction of sp³-hybridized carbons (Fsp3) is 0.571. The number of likely N-dealkylation sites (tertiary alicyclic amines) is 2. The van der Waals surface area contributed by atoms with Crippen molar-refractivity contribution in [3.8, 4) is 0 Å². The third-order valence-electron chi connectivity index (χ3n) is 6.40. The van der Waals surface area contributed by atoms with Crippen LogP contribution in [0.4, 0.5) is 0 Å². The molecule has 3 N–H and O–H groups in total. The average molecular weight is 447 g/mol. The van der Waals surface area contributed by atoms with E-state index < -0.39 is 5.41 Å². The summed E-state index contributed by atoms with van der Waals surface area (Å²) in [6.45, 7) is 4.25. The summed E-state index contributed by atoms with van der Waals surface area (Å²) >= 11 is 0. The maximum atomic E-state index is 13.4. The van der Waals surface area contributed by atoms with E-state index in [1.54, 1.807) is 12.3 Å². The van der Waals surface area contributed by atoms with Gasteiger partial charge in [0.15, 0.2) is 0 Å². The molecule has 2 aromatic rings. The van der Waals surface area contributed by atoms with E-state index in [1.165, 1.54) is 6.26 Å². The Kier molecular flexibility index (Phi) is 7.62. The van der Waals surface area contributed by atoms with Gasteiger partial charge in [-0.1, -0.05) is 12.1 Å². The van der Waals surface area contributed by atoms with Gasteiger partial charge in [-0.25, -0.2) is 0 Å². The molecular weight excluding hydrogens is 416 g/mol. The molecular formula is C21H30N6O5. The van der Waals surface area contributed by atoms with Crippen molar-refractivity contribution in [1.29, 1.82) is 0 Å². The Bertz CT molecular complexity index is 914. The summed E-state index contributed by atoms with van der Waals surface area (Å²) in [5, 5.41) is 20.8. The summed E-state index contributed by atoms with van der Waals surface area (Å²) in [4.78, 5) is 39.3. The molecule has 0 unspecified atom stereocenters. The maximum absolute atomic E-state index is 13.4. The van der Waals surface area contributed by atoms with Crippen LogP contribution in [0.2, 0.25) is 0 Å². The van der Waals surface area contributed by atoms with E-state index in [-0.39, 0.29) is 24.3 Å². The van der Waals surface area contributed by atoms with E-state index in [0.717, 1.165) is 31.5 Å². The van der Waals surface area contributed by atoms with Gasteiger partial charge >= 0.3 is 0 Å². The van der Waals surface area contributed by atoms with Crippen molar-refractivity contribution in [2.24, 2.45) is 5.41 Å². The predicted octanol–water partition coefficient (Wildman–Crippen LogP) is 0.904. The number of aromatic nitrogens is 3. The number of carbonyl (C=O) groups is 3. The first-order valence-corrected chi connectivity index (χ1v) is 10.7. The number of hydrogen-bond acceptors (Lipinski definition) is 7. The summed E-state index contributed by atoms with van der Waals surface area (Å²) < 4.78 is 4.85. The number of aromatic amines is 1. The third-order valence-corrected chi connectivity index (χ3v) is 6.40. The minimum absolute atomic E-state index is 0.000918. The lowest BCUT2D eigenvalue weighted by atomic mass is 9.67. The lowest BCUT2D eigenvalue weighted by Gasteiger charge is -2.53. The number of aryl methyl sites for hydroxylation is 1. The molecule has 2 atom stereocenters. The molecule has 0 spiro atoms. The molecule has 2 saturated heterocycles. The van der Waals surface area contributed by atoms with E-state index in [0.29, 0.717) is 37.3 Å². The second-order valence-electron chi connectivity index (χ2n) is 8.18. The van der Waals surface area contributed by atoms with Gasteiger partial charge in [0.1, 0.15) is 12.0 Å². The Balaban J connectivity index is 0.000000913. The highest BCUT2D eigenvalue weighted by molar-refractivity contribution is 5.96. The highest BCUT2D eigenvalue weighted by Crippen LogP contribution is 2.43. The number of fused-ring (bicyclic) bond motifs is 1. The molecule has 2 fully saturated rings. The van der Waals surface area contributed by atoms with Crippen LogP contribution < -0.4 is 5.32 Å². The molecule has 4 heterocycles. The van der Waals surface area contributed by atoms with Gasteiger partial charge < -0.3 is 24.7 Å². The Morgan fingerprint density at radius 2 is 2.19 bits per heavy atom. The Morgan fingerprint density at radius 1 is 1.41 bits per heavy atom.